The molecule has 1 aromatic heterocycles. The average molecular weight is 362 g/mol. The van der Waals surface area contributed by atoms with Crippen molar-refractivity contribution in [2.75, 3.05) is 37.1 Å². The number of aryl methyl sites for hydroxylation is 1. The highest BCUT2D eigenvalue weighted by atomic mass is 19.1. The third kappa shape index (κ3) is 4.13. The molecular formula is C18H23FN4O3. The van der Waals surface area contributed by atoms with Crippen LogP contribution in [0, 0.1) is 5.82 Å². The molecule has 0 bridgehead atoms. The Morgan fingerprint density at radius 2 is 2.19 bits per heavy atom. The molecule has 26 heavy (non-hydrogen) atoms. The van der Waals surface area contributed by atoms with Crippen molar-refractivity contribution in [2.24, 2.45) is 7.05 Å². The number of hydrogen-bond donors (Lipinski definition) is 1. The van der Waals surface area contributed by atoms with E-state index in [9.17, 15) is 9.18 Å². The zero-order chi connectivity index (χ0) is 18.5. The molecule has 1 atom stereocenters. The van der Waals surface area contributed by atoms with E-state index in [0.29, 0.717) is 43.4 Å². The van der Waals surface area contributed by atoms with Gasteiger partial charge in [-0.3, -0.25) is 14.4 Å². The molecule has 7 nitrogen and oxygen atoms in total. The molecule has 1 saturated heterocycles. The van der Waals surface area contributed by atoms with Gasteiger partial charge in [0.25, 0.3) is 5.91 Å². The molecule has 1 aliphatic rings. The van der Waals surface area contributed by atoms with Crippen molar-refractivity contribution in [2.45, 2.75) is 18.9 Å². The molecule has 1 N–H and O–H groups in total. The molecule has 140 valence electrons. The Morgan fingerprint density at radius 1 is 1.35 bits per heavy atom. The van der Waals surface area contributed by atoms with Crippen molar-refractivity contribution in [1.29, 1.82) is 0 Å². The van der Waals surface area contributed by atoms with E-state index in [-0.39, 0.29) is 5.91 Å². The number of halogens is 1. The highest BCUT2D eigenvalue weighted by Crippen LogP contribution is 2.29. The van der Waals surface area contributed by atoms with Gasteiger partial charge in [-0.15, -0.1) is 0 Å². The van der Waals surface area contributed by atoms with Crippen LogP contribution in [0.15, 0.2) is 30.5 Å². The van der Waals surface area contributed by atoms with Gasteiger partial charge >= 0.3 is 0 Å². The number of anilines is 2. The zero-order valence-electron chi connectivity index (χ0n) is 14.9. The predicted octanol–water partition coefficient (Wildman–Crippen LogP) is 2.19. The van der Waals surface area contributed by atoms with Gasteiger partial charge in [-0.2, -0.15) is 5.10 Å². The average Bonchev–Trinajstić information content (AvgIpc) is 3.05. The first-order valence-electron chi connectivity index (χ1n) is 8.57. The molecule has 2 aromatic rings. The highest BCUT2D eigenvalue weighted by molar-refractivity contribution is 5.98. The molecular weight excluding hydrogens is 339 g/mol. The Morgan fingerprint density at radius 3 is 2.92 bits per heavy atom. The summed E-state index contributed by atoms with van der Waals surface area (Å²) in [6, 6.07) is 5.57. The van der Waals surface area contributed by atoms with Crippen molar-refractivity contribution in [3.63, 3.8) is 0 Å². The third-order valence-electron chi connectivity index (χ3n) is 4.23. The minimum Gasteiger partial charge on any atom is -0.489 e. The van der Waals surface area contributed by atoms with Gasteiger partial charge in [-0.05, 0) is 25.0 Å². The van der Waals surface area contributed by atoms with Crippen LogP contribution in [0.1, 0.15) is 12.8 Å². The maximum absolute atomic E-state index is 13.7. The van der Waals surface area contributed by atoms with Crippen LogP contribution in [0.4, 0.5) is 15.9 Å². The number of nitrogens with zero attached hydrogens (tertiary/aromatic N) is 3. The summed E-state index contributed by atoms with van der Waals surface area (Å²) < 4.78 is 26.0. The van der Waals surface area contributed by atoms with Crippen molar-refractivity contribution < 1.29 is 18.7 Å². The fourth-order valence-electron chi connectivity index (χ4n) is 2.95. The van der Waals surface area contributed by atoms with E-state index in [2.05, 4.69) is 10.4 Å². The summed E-state index contributed by atoms with van der Waals surface area (Å²) in [6.45, 7) is 1.39. The van der Waals surface area contributed by atoms with E-state index in [1.54, 1.807) is 29.0 Å². The van der Waals surface area contributed by atoms with Crippen molar-refractivity contribution in [3.05, 3.63) is 36.3 Å². The molecule has 0 spiro atoms. The summed E-state index contributed by atoms with van der Waals surface area (Å²) in [7, 11) is 3.39. The SMILES string of the molecule is COCCOc1ccc(F)cc1NC1CCCN(c2ccn(C)n2)C1=O. The lowest BCUT2D eigenvalue weighted by molar-refractivity contribution is -0.120. The maximum atomic E-state index is 13.7. The lowest BCUT2D eigenvalue weighted by Crippen LogP contribution is -2.48. The Labute approximate surface area is 151 Å². The first-order chi connectivity index (χ1) is 12.6. The van der Waals surface area contributed by atoms with Crippen LogP contribution in [0.25, 0.3) is 0 Å². The Balaban J connectivity index is 1.75. The van der Waals surface area contributed by atoms with Crippen LogP contribution >= 0.6 is 0 Å². The van der Waals surface area contributed by atoms with E-state index in [4.69, 9.17) is 9.47 Å². The number of carbonyl (C=O) groups is 1. The lowest BCUT2D eigenvalue weighted by atomic mass is 10.0. The number of hydrogen-bond acceptors (Lipinski definition) is 5. The Kier molecular flexibility index (Phi) is 5.72. The summed E-state index contributed by atoms with van der Waals surface area (Å²) in [4.78, 5) is 14.5. The van der Waals surface area contributed by atoms with Crippen LogP contribution < -0.4 is 15.0 Å². The number of amides is 1. The fraction of sp³-hybridized carbons (Fsp3) is 0.444. The summed E-state index contributed by atoms with van der Waals surface area (Å²) in [6.07, 6.45) is 3.29. The van der Waals surface area contributed by atoms with E-state index in [0.717, 1.165) is 6.42 Å². The number of aromatic nitrogens is 2. The van der Waals surface area contributed by atoms with Crippen molar-refractivity contribution >= 4 is 17.4 Å². The van der Waals surface area contributed by atoms with Gasteiger partial charge in [0.05, 0.1) is 12.3 Å². The number of carbonyl (C=O) groups excluding carboxylic acids is 1. The van der Waals surface area contributed by atoms with E-state index < -0.39 is 11.9 Å². The van der Waals surface area contributed by atoms with Gasteiger partial charge in [0.2, 0.25) is 0 Å². The second-order valence-electron chi connectivity index (χ2n) is 6.16. The number of ether oxygens (including phenoxy) is 2. The molecule has 0 saturated carbocycles. The zero-order valence-corrected chi connectivity index (χ0v) is 14.9. The van der Waals surface area contributed by atoms with Crippen LogP contribution in [0.2, 0.25) is 0 Å². The number of piperidine rings is 1. The normalized spacial score (nSPS) is 17.4. The molecule has 1 unspecified atom stereocenters. The van der Waals surface area contributed by atoms with Crippen molar-refractivity contribution in [3.8, 4) is 5.75 Å². The molecule has 1 fully saturated rings. The highest BCUT2D eigenvalue weighted by Gasteiger charge is 2.31. The third-order valence-corrected chi connectivity index (χ3v) is 4.23. The van der Waals surface area contributed by atoms with Crippen molar-refractivity contribution in [1.82, 2.24) is 9.78 Å². The number of methoxy groups -OCH3 is 1. The number of nitrogens with one attached hydrogen (secondary N) is 1. The smallest absolute Gasteiger partial charge is 0.250 e. The molecule has 0 radical (unpaired) electrons. The van der Waals surface area contributed by atoms with E-state index >= 15 is 0 Å². The number of rotatable bonds is 7. The second kappa shape index (κ2) is 8.18. The molecule has 3 rings (SSSR count). The van der Waals surface area contributed by atoms with E-state index in [1.165, 1.54) is 12.1 Å². The maximum Gasteiger partial charge on any atom is 0.250 e. The largest absolute Gasteiger partial charge is 0.489 e. The van der Waals surface area contributed by atoms with Gasteiger partial charge in [0.15, 0.2) is 5.82 Å². The van der Waals surface area contributed by atoms with Crippen LogP contribution in [-0.4, -0.2) is 48.6 Å². The van der Waals surface area contributed by atoms with Gasteiger partial charge in [-0.1, -0.05) is 0 Å². The summed E-state index contributed by atoms with van der Waals surface area (Å²) in [5.74, 6) is 0.643. The minimum atomic E-state index is -0.461. The molecule has 1 amide bonds. The second-order valence-corrected chi connectivity index (χ2v) is 6.16. The van der Waals surface area contributed by atoms with Gasteiger partial charge in [-0.25, -0.2) is 4.39 Å². The summed E-state index contributed by atoms with van der Waals surface area (Å²) in [5, 5.41) is 7.45. The van der Waals surface area contributed by atoms with Gasteiger partial charge < -0.3 is 14.8 Å². The van der Waals surface area contributed by atoms with Gasteiger partial charge in [0.1, 0.15) is 24.2 Å². The minimum absolute atomic E-state index is 0.0814. The topological polar surface area (TPSA) is 68.6 Å². The summed E-state index contributed by atoms with van der Waals surface area (Å²) in [5.41, 5.74) is 0.460. The number of benzene rings is 1. The molecule has 0 aliphatic carbocycles. The van der Waals surface area contributed by atoms with E-state index in [1.807, 2.05) is 13.1 Å². The Hall–Kier alpha value is -2.61. The molecule has 8 heteroatoms. The molecule has 1 aliphatic heterocycles. The molecule has 1 aromatic carbocycles. The van der Waals surface area contributed by atoms with Gasteiger partial charge in [0, 0.05) is 39.0 Å². The first-order valence-corrected chi connectivity index (χ1v) is 8.57. The van der Waals surface area contributed by atoms with Crippen LogP contribution in [-0.2, 0) is 16.6 Å². The van der Waals surface area contributed by atoms with Crippen LogP contribution in [0.5, 0.6) is 5.75 Å². The standard InChI is InChI=1S/C18H23FN4O3/c1-22-9-7-17(21-22)23-8-3-4-14(18(23)24)20-15-12-13(19)5-6-16(15)26-11-10-25-2/h5-7,9,12,14,20H,3-4,8,10-11H2,1-2H3. The lowest BCUT2D eigenvalue weighted by Gasteiger charge is -2.32. The Bertz CT molecular complexity index is 765. The summed E-state index contributed by atoms with van der Waals surface area (Å²) >= 11 is 0. The molecule has 2 heterocycles. The first kappa shape index (κ1) is 18.2. The predicted molar refractivity (Wildman–Crippen MR) is 96.0 cm³/mol. The fourth-order valence-corrected chi connectivity index (χ4v) is 2.95. The quantitative estimate of drug-likeness (QED) is 0.765. The monoisotopic (exact) mass is 362 g/mol. The van der Waals surface area contributed by atoms with Crippen LogP contribution in [0.3, 0.4) is 0 Å².